The second kappa shape index (κ2) is 5.66. The standard InChI is InChI=1S/C15H13ClN2O5/c1-23-13-5-3-9(18(21)22)7-12(13)17-14(19)10-4-2-8(16)6-11(10)15(17)20/h2-3,5,7,10-11H,4,6H2,1H3/t10-,11+/m0/s1. The van der Waals surface area contributed by atoms with Gasteiger partial charge in [0.1, 0.15) is 11.4 Å². The highest BCUT2D eigenvalue weighted by Crippen LogP contribution is 2.43. The molecule has 1 aliphatic heterocycles. The van der Waals surface area contributed by atoms with E-state index in [4.69, 9.17) is 16.3 Å². The number of nitro groups is 1. The van der Waals surface area contributed by atoms with Crippen molar-refractivity contribution in [2.24, 2.45) is 11.8 Å². The zero-order valence-electron chi connectivity index (χ0n) is 12.2. The quantitative estimate of drug-likeness (QED) is 0.481. The first kappa shape index (κ1) is 15.5. The molecule has 1 fully saturated rings. The van der Waals surface area contributed by atoms with Gasteiger partial charge in [0, 0.05) is 17.2 Å². The van der Waals surface area contributed by atoms with E-state index in [-0.39, 0.29) is 23.0 Å². The molecule has 1 saturated heterocycles. The molecule has 0 bridgehead atoms. The Balaban J connectivity index is 2.05. The van der Waals surface area contributed by atoms with Gasteiger partial charge in [-0.3, -0.25) is 19.7 Å². The van der Waals surface area contributed by atoms with Crippen molar-refractivity contribution in [2.75, 3.05) is 12.0 Å². The Morgan fingerprint density at radius 1 is 1.30 bits per heavy atom. The first-order valence-corrected chi connectivity index (χ1v) is 7.36. The van der Waals surface area contributed by atoms with Crippen LogP contribution in [0.1, 0.15) is 12.8 Å². The molecule has 0 saturated carbocycles. The monoisotopic (exact) mass is 336 g/mol. The molecule has 2 aliphatic rings. The molecule has 0 radical (unpaired) electrons. The molecule has 1 aromatic rings. The number of halogens is 1. The fraction of sp³-hybridized carbons (Fsp3) is 0.333. The lowest BCUT2D eigenvalue weighted by Gasteiger charge is -2.17. The molecule has 0 unspecified atom stereocenters. The maximum Gasteiger partial charge on any atom is 0.271 e. The molecule has 120 valence electrons. The van der Waals surface area contributed by atoms with E-state index in [1.54, 1.807) is 6.08 Å². The van der Waals surface area contributed by atoms with Gasteiger partial charge in [-0.1, -0.05) is 17.7 Å². The number of carbonyl (C=O) groups is 2. The van der Waals surface area contributed by atoms with Crippen molar-refractivity contribution in [1.29, 1.82) is 0 Å². The Hall–Kier alpha value is -2.41. The fourth-order valence-corrected chi connectivity index (χ4v) is 3.29. The van der Waals surface area contributed by atoms with Crippen molar-refractivity contribution in [2.45, 2.75) is 12.8 Å². The summed E-state index contributed by atoms with van der Waals surface area (Å²) < 4.78 is 5.16. The maximum atomic E-state index is 12.6. The molecule has 0 spiro atoms. The van der Waals surface area contributed by atoms with Crippen LogP contribution in [0.2, 0.25) is 0 Å². The Morgan fingerprint density at radius 2 is 2.00 bits per heavy atom. The van der Waals surface area contributed by atoms with Crippen molar-refractivity contribution in [3.63, 3.8) is 0 Å². The number of imide groups is 1. The topological polar surface area (TPSA) is 89.8 Å². The van der Waals surface area contributed by atoms with Gasteiger partial charge in [-0.05, 0) is 18.9 Å². The summed E-state index contributed by atoms with van der Waals surface area (Å²) in [6, 6.07) is 3.82. The van der Waals surface area contributed by atoms with Crippen LogP contribution in [0.4, 0.5) is 11.4 Å². The van der Waals surface area contributed by atoms with Crippen LogP contribution in [0.15, 0.2) is 29.3 Å². The minimum atomic E-state index is -0.584. The molecule has 1 aromatic carbocycles. The van der Waals surface area contributed by atoms with Gasteiger partial charge < -0.3 is 4.74 Å². The number of fused-ring (bicyclic) bond motifs is 1. The number of allylic oxidation sites excluding steroid dienone is 2. The molecule has 1 heterocycles. The van der Waals surface area contributed by atoms with Crippen molar-refractivity contribution < 1.29 is 19.2 Å². The number of carbonyl (C=O) groups excluding carboxylic acids is 2. The summed E-state index contributed by atoms with van der Waals surface area (Å²) in [4.78, 5) is 36.6. The summed E-state index contributed by atoms with van der Waals surface area (Å²) in [5.74, 6) is -1.54. The van der Waals surface area contributed by atoms with Gasteiger partial charge in [0.25, 0.3) is 5.69 Å². The van der Waals surface area contributed by atoms with Crippen molar-refractivity contribution in [3.05, 3.63) is 39.4 Å². The Labute approximate surface area is 136 Å². The van der Waals surface area contributed by atoms with E-state index in [1.807, 2.05) is 0 Å². The summed E-state index contributed by atoms with van der Waals surface area (Å²) in [5, 5.41) is 11.5. The Kier molecular flexibility index (Phi) is 3.81. The third-order valence-corrected chi connectivity index (χ3v) is 4.49. The second-order valence-corrected chi connectivity index (χ2v) is 5.91. The smallest absolute Gasteiger partial charge is 0.271 e. The number of hydrogen-bond donors (Lipinski definition) is 0. The lowest BCUT2D eigenvalue weighted by molar-refractivity contribution is -0.384. The molecule has 2 amide bonds. The SMILES string of the molecule is COc1ccc([N+](=O)[O-])cc1N1C(=O)[C@H]2CC=C(Cl)C[C@H]2C1=O. The number of ether oxygens (including phenoxy) is 1. The zero-order valence-corrected chi connectivity index (χ0v) is 12.9. The summed E-state index contributed by atoms with van der Waals surface area (Å²) >= 11 is 5.98. The van der Waals surface area contributed by atoms with Crippen LogP contribution in [0, 0.1) is 22.0 Å². The lowest BCUT2D eigenvalue weighted by Crippen LogP contribution is -2.31. The van der Waals surface area contributed by atoms with Gasteiger partial charge in [-0.25, -0.2) is 4.90 Å². The van der Waals surface area contributed by atoms with E-state index in [9.17, 15) is 19.7 Å². The third kappa shape index (κ3) is 2.46. The summed E-state index contributed by atoms with van der Waals surface area (Å²) in [6.45, 7) is 0. The zero-order chi connectivity index (χ0) is 16.7. The summed E-state index contributed by atoms with van der Waals surface area (Å²) in [5.41, 5.74) is -0.116. The highest BCUT2D eigenvalue weighted by Gasteiger charge is 2.49. The first-order chi connectivity index (χ1) is 10.9. The summed E-state index contributed by atoms with van der Waals surface area (Å²) in [7, 11) is 1.38. The van der Waals surface area contributed by atoms with Gasteiger partial charge >= 0.3 is 0 Å². The van der Waals surface area contributed by atoms with Gasteiger partial charge in [0.2, 0.25) is 11.8 Å². The molecule has 0 N–H and O–H groups in total. The molecule has 0 aromatic heterocycles. The predicted molar refractivity (Wildman–Crippen MR) is 82.3 cm³/mol. The lowest BCUT2D eigenvalue weighted by atomic mass is 9.85. The van der Waals surface area contributed by atoms with Crippen molar-refractivity contribution in [3.8, 4) is 5.75 Å². The van der Waals surface area contributed by atoms with Crippen LogP contribution in [0.3, 0.4) is 0 Å². The number of rotatable bonds is 3. The third-order valence-electron chi connectivity index (χ3n) is 4.18. The number of nitrogens with zero attached hydrogens (tertiary/aromatic N) is 2. The minimum absolute atomic E-state index is 0.0993. The van der Waals surface area contributed by atoms with Gasteiger partial charge in [-0.15, -0.1) is 0 Å². The average molecular weight is 337 g/mol. The molecule has 3 rings (SSSR count). The van der Waals surface area contributed by atoms with Crippen LogP contribution in [0.5, 0.6) is 5.75 Å². The predicted octanol–water partition coefficient (Wildman–Crippen LogP) is 2.63. The van der Waals surface area contributed by atoms with E-state index in [1.165, 1.54) is 25.3 Å². The molecular formula is C15H13ClN2O5. The number of benzene rings is 1. The maximum absolute atomic E-state index is 12.6. The normalized spacial score (nSPS) is 23.6. The van der Waals surface area contributed by atoms with Gasteiger partial charge in [-0.2, -0.15) is 0 Å². The van der Waals surface area contributed by atoms with E-state index in [0.717, 1.165) is 4.90 Å². The van der Waals surface area contributed by atoms with Crippen molar-refractivity contribution in [1.82, 2.24) is 0 Å². The van der Waals surface area contributed by atoms with E-state index >= 15 is 0 Å². The number of anilines is 1. The largest absolute Gasteiger partial charge is 0.495 e. The van der Waals surface area contributed by atoms with Crippen LogP contribution in [0.25, 0.3) is 0 Å². The van der Waals surface area contributed by atoms with E-state index in [2.05, 4.69) is 0 Å². The van der Waals surface area contributed by atoms with Crippen LogP contribution in [-0.2, 0) is 9.59 Å². The van der Waals surface area contributed by atoms with E-state index in [0.29, 0.717) is 17.9 Å². The number of amides is 2. The number of non-ortho nitro benzene ring substituents is 1. The molecule has 2 atom stereocenters. The minimum Gasteiger partial charge on any atom is -0.495 e. The Morgan fingerprint density at radius 3 is 2.65 bits per heavy atom. The van der Waals surface area contributed by atoms with Crippen LogP contribution >= 0.6 is 11.6 Å². The number of methoxy groups -OCH3 is 1. The number of nitro benzene ring substituents is 1. The molecular weight excluding hydrogens is 324 g/mol. The first-order valence-electron chi connectivity index (χ1n) is 6.98. The fourth-order valence-electron chi connectivity index (χ4n) is 3.03. The van der Waals surface area contributed by atoms with E-state index < -0.39 is 22.7 Å². The van der Waals surface area contributed by atoms with Crippen molar-refractivity contribution >= 4 is 34.8 Å². The second-order valence-electron chi connectivity index (χ2n) is 5.43. The number of hydrogen-bond acceptors (Lipinski definition) is 5. The highest BCUT2D eigenvalue weighted by molar-refractivity contribution is 6.30. The average Bonchev–Trinajstić information content (AvgIpc) is 2.77. The van der Waals surface area contributed by atoms with Crippen LogP contribution in [-0.4, -0.2) is 23.8 Å². The van der Waals surface area contributed by atoms with Crippen LogP contribution < -0.4 is 9.64 Å². The van der Waals surface area contributed by atoms with Gasteiger partial charge in [0.05, 0.1) is 23.9 Å². The molecule has 23 heavy (non-hydrogen) atoms. The summed E-state index contributed by atoms with van der Waals surface area (Å²) in [6.07, 6.45) is 2.44. The molecule has 8 heteroatoms. The Bertz CT molecular complexity index is 745. The highest BCUT2D eigenvalue weighted by atomic mass is 35.5. The molecule has 7 nitrogen and oxygen atoms in total. The van der Waals surface area contributed by atoms with Gasteiger partial charge in [0.15, 0.2) is 0 Å². The molecule has 1 aliphatic carbocycles.